The molecule has 0 aliphatic carbocycles. The summed E-state index contributed by atoms with van der Waals surface area (Å²) in [5.74, 6) is -0.820. The Labute approximate surface area is 115 Å². The molecule has 0 heterocycles. The molecule has 0 fully saturated rings. The number of hydrogen-bond acceptors (Lipinski definition) is 4. The lowest BCUT2D eigenvalue weighted by Gasteiger charge is -2.22. The molecule has 0 aliphatic heterocycles. The Kier molecular flexibility index (Phi) is 9.49. The van der Waals surface area contributed by atoms with E-state index in [0.29, 0.717) is 12.3 Å². The van der Waals surface area contributed by atoms with Crippen molar-refractivity contribution >= 4 is 11.9 Å². The van der Waals surface area contributed by atoms with Crippen molar-refractivity contribution in [3.63, 3.8) is 0 Å². The molecule has 19 heavy (non-hydrogen) atoms. The number of rotatable bonds is 10. The second-order valence-electron chi connectivity index (χ2n) is 4.36. The summed E-state index contributed by atoms with van der Waals surface area (Å²) in [5.41, 5.74) is 0. The van der Waals surface area contributed by atoms with Gasteiger partial charge in [-0.1, -0.05) is 52.7 Å². The summed E-state index contributed by atoms with van der Waals surface area (Å²) in [6, 6.07) is 0. The van der Waals surface area contributed by atoms with Crippen LogP contribution in [0, 0.1) is 5.92 Å². The van der Waals surface area contributed by atoms with E-state index < -0.39 is 18.2 Å². The summed E-state index contributed by atoms with van der Waals surface area (Å²) in [5, 5.41) is 0. The quantitative estimate of drug-likeness (QED) is 0.346. The Balaban J connectivity index is 4.51. The zero-order valence-corrected chi connectivity index (χ0v) is 11.9. The van der Waals surface area contributed by atoms with Crippen LogP contribution >= 0.6 is 0 Å². The van der Waals surface area contributed by atoms with Gasteiger partial charge in [0.15, 0.2) is 0 Å². The van der Waals surface area contributed by atoms with Crippen molar-refractivity contribution in [1.29, 1.82) is 0 Å². The smallest absolute Gasteiger partial charge is 0.333 e. The topological polar surface area (TPSA) is 52.6 Å². The Morgan fingerprint density at radius 1 is 1.11 bits per heavy atom. The third-order valence-corrected chi connectivity index (χ3v) is 2.90. The zero-order valence-electron chi connectivity index (χ0n) is 11.9. The van der Waals surface area contributed by atoms with Crippen LogP contribution in [0.2, 0.25) is 0 Å². The highest BCUT2D eigenvalue weighted by molar-refractivity contribution is 5.83. The van der Waals surface area contributed by atoms with Crippen LogP contribution in [0.15, 0.2) is 25.3 Å². The Hall–Kier alpha value is -1.58. The van der Waals surface area contributed by atoms with Crippen molar-refractivity contribution in [2.45, 2.75) is 52.2 Å². The van der Waals surface area contributed by atoms with Crippen molar-refractivity contribution in [2.75, 3.05) is 0 Å². The van der Waals surface area contributed by atoms with E-state index >= 15 is 0 Å². The fraction of sp³-hybridized carbons (Fsp3) is 0.600. The molecule has 0 saturated carbocycles. The highest BCUT2D eigenvalue weighted by Crippen LogP contribution is 2.21. The molecular weight excluding hydrogens is 244 g/mol. The van der Waals surface area contributed by atoms with Crippen LogP contribution in [-0.2, 0) is 19.1 Å². The number of unbranched alkanes of at least 4 members (excludes halogenated alkanes) is 1. The molecule has 0 rings (SSSR count). The van der Waals surface area contributed by atoms with Gasteiger partial charge >= 0.3 is 11.9 Å². The van der Waals surface area contributed by atoms with Gasteiger partial charge < -0.3 is 9.47 Å². The first-order valence-electron chi connectivity index (χ1n) is 6.73. The van der Waals surface area contributed by atoms with E-state index in [2.05, 4.69) is 27.0 Å². The maximum Gasteiger partial charge on any atom is 0.333 e. The molecule has 4 nitrogen and oxygen atoms in total. The lowest BCUT2D eigenvalue weighted by atomic mass is 9.95. The summed E-state index contributed by atoms with van der Waals surface area (Å²) in [6.45, 7) is 10.8. The molecular formula is C15H24O4. The molecule has 0 aromatic heterocycles. The summed E-state index contributed by atoms with van der Waals surface area (Å²) >= 11 is 0. The number of hydrogen-bond donors (Lipinski definition) is 0. The SMILES string of the molecule is C=CC(=O)OC(CC(CC)CCCC)OC(=O)C=C. The van der Waals surface area contributed by atoms with E-state index in [1.165, 1.54) is 0 Å². The molecule has 0 N–H and O–H groups in total. The third kappa shape index (κ3) is 8.19. The molecule has 1 unspecified atom stereocenters. The zero-order chi connectivity index (χ0) is 14.7. The van der Waals surface area contributed by atoms with Gasteiger partial charge in [0.25, 0.3) is 0 Å². The van der Waals surface area contributed by atoms with Gasteiger partial charge in [-0.2, -0.15) is 0 Å². The molecule has 0 bridgehead atoms. The minimum absolute atomic E-state index is 0.361. The fourth-order valence-corrected chi connectivity index (χ4v) is 1.73. The minimum Gasteiger partial charge on any atom is -0.422 e. The highest BCUT2D eigenvalue weighted by Gasteiger charge is 2.21. The number of esters is 2. The average Bonchev–Trinajstić information content (AvgIpc) is 2.42. The van der Waals surface area contributed by atoms with Gasteiger partial charge in [0.1, 0.15) is 0 Å². The molecule has 1 atom stereocenters. The highest BCUT2D eigenvalue weighted by atomic mass is 16.7. The largest absolute Gasteiger partial charge is 0.422 e. The van der Waals surface area contributed by atoms with Gasteiger partial charge in [0, 0.05) is 18.6 Å². The number of ether oxygens (including phenoxy) is 2. The van der Waals surface area contributed by atoms with Gasteiger partial charge in [0.05, 0.1) is 0 Å². The van der Waals surface area contributed by atoms with Gasteiger partial charge in [-0.3, -0.25) is 0 Å². The molecule has 0 radical (unpaired) electrons. The predicted molar refractivity (Wildman–Crippen MR) is 74.3 cm³/mol. The van der Waals surface area contributed by atoms with Crippen LogP contribution in [0.4, 0.5) is 0 Å². The van der Waals surface area contributed by atoms with Gasteiger partial charge in [0.2, 0.25) is 6.29 Å². The molecule has 0 aromatic carbocycles. The minimum atomic E-state index is -0.863. The second-order valence-corrected chi connectivity index (χ2v) is 4.36. The van der Waals surface area contributed by atoms with Crippen LogP contribution in [0.3, 0.4) is 0 Å². The first kappa shape index (κ1) is 17.4. The van der Waals surface area contributed by atoms with Crippen molar-refractivity contribution < 1.29 is 19.1 Å². The molecule has 0 amide bonds. The van der Waals surface area contributed by atoms with E-state index in [-0.39, 0.29) is 0 Å². The Bertz CT molecular complexity index is 287. The van der Waals surface area contributed by atoms with E-state index in [1.54, 1.807) is 0 Å². The lowest BCUT2D eigenvalue weighted by molar-refractivity contribution is -0.183. The van der Waals surface area contributed by atoms with Gasteiger partial charge in [-0.15, -0.1) is 0 Å². The molecule has 108 valence electrons. The van der Waals surface area contributed by atoms with E-state index in [4.69, 9.17) is 9.47 Å². The lowest BCUT2D eigenvalue weighted by Crippen LogP contribution is -2.25. The summed E-state index contributed by atoms with van der Waals surface area (Å²) in [7, 11) is 0. The normalized spacial score (nSPS) is 11.7. The van der Waals surface area contributed by atoms with Crippen LogP contribution in [0.1, 0.15) is 46.0 Å². The van der Waals surface area contributed by atoms with Crippen molar-refractivity contribution in [3.05, 3.63) is 25.3 Å². The van der Waals surface area contributed by atoms with Gasteiger partial charge in [-0.25, -0.2) is 9.59 Å². The maximum absolute atomic E-state index is 11.2. The van der Waals surface area contributed by atoms with E-state index in [1.807, 2.05) is 0 Å². The average molecular weight is 268 g/mol. The van der Waals surface area contributed by atoms with Crippen LogP contribution in [0.5, 0.6) is 0 Å². The third-order valence-electron chi connectivity index (χ3n) is 2.90. The maximum atomic E-state index is 11.2. The molecule has 4 heteroatoms. The summed E-state index contributed by atoms with van der Waals surface area (Å²) < 4.78 is 10.1. The fourth-order valence-electron chi connectivity index (χ4n) is 1.73. The van der Waals surface area contributed by atoms with Crippen molar-refractivity contribution in [3.8, 4) is 0 Å². The van der Waals surface area contributed by atoms with Crippen LogP contribution in [0.25, 0.3) is 0 Å². The molecule has 0 aliphatic rings. The Morgan fingerprint density at radius 3 is 2.00 bits per heavy atom. The Morgan fingerprint density at radius 2 is 1.63 bits per heavy atom. The first-order valence-corrected chi connectivity index (χ1v) is 6.73. The van der Waals surface area contributed by atoms with Crippen molar-refractivity contribution in [1.82, 2.24) is 0 Å². The van der Waals surface area contributed by atoms with Crippen LogP contribution in [-0.4, -0.2) is 18.2 Å². The predicted octanol–water partition coefficient (Wildman–Crippen LogP) is 3.38. The van der Waals surface area contributed by atoms with Crippen molar-refractivity contribution in [2.24, 2.45) is 5.92 Å². The molecule has 0 spiro atoms. The summed E-state index contributed by atoms with van der Waals surface area (Å²) in [4.78, 5) is 22.4. The number of carbonyl (C=O) groups is 2. The molecule has 0 aromatic rings. The monoisotopic (exact) mass is 268 g/mol. The first-order chi connectivity index (χ1) is 9.07. The van der Waals surface area contributed by atoms with E-state index in [9.17, 15) is 9.59 Å². The van der Waals surface area contributed by atoms with E-state index in [0.717, 1.165) is 37.8 Å². The van der Waals surface area contributed by atoms with Gasteiger partial charge in [-0.05, 0) is 5.92 Å². The summed E-state index contributed by atoms with van der Waals surface area (Å²) in [6.07, 6.45) is 5.96. The second kappa shape index (κ2) is 10.4. The molecule has 0 saturated heterocycles. The number of carbonyl (C=O) groups excluding carboxylic acids is 2. The standard InChI is InChI=1S/C15H24O4/c1-5-9-10-12(6-2)11-15(18-13(16)7-3)19-14(17)8-4/h7-8,12,15H,3-6,9-11H2,1-2H3. The van der Waals surface area contributed by atoms with Crippen LogP contribution < -0.4 is 0 Å².